The van der Waals surface area contributed by atoms with E-state index in [0.29, 0.717) is 0 Å². The van der Waals surface area contributed by atoms with Gasteiger partial charge in [0.1, 0.15) is 4.90 Å². The molecule has 1 saturated carbocycles. The van der Waals surface area contributed by atoms with Crippen molar-refractivity contribution in [1.29, 1.82) is 0 Å². The van der Waals surface area contributed by atoms with E-state index in [1.807, 2.05) is 0 Å². The maximum atomic E-state index is 11.5. The quantitative estimate of drug-likeness (QED) is 0.547. The van der Waals surface area contributed by atoms with Crippen LogP contribution in [0.2, 0.25) is 0 Å². The van der Waals surface area contributed by atoms with Crippen LogP contribution in [0.5, 0.6) is 0 Å². The summed E-state index contributed by atoms with van der Waals surface area (Å²) in [6.45, 7) is -0.0110. The summed E-state index contributed by atoms with van der Waals surface area (Å²) < 4.78 is 22.8. The number of primary sulfonamides is 1. The minimum Gasteiger partial charge on any atom is -0.399 e. The number of carbonyl (C=O) groups excluding carboxylic acids is 1. The van der Waals surface area contributed by atoms with E-state index in [4.69, 9.17) is 10.9 Å². The zero-order chi connectivity index (χ0) is 14.0. The van der Waals surface area contributed by atoms with Gasteiger partial charge in [0, 0.05) is 11.7 Å². The van der Waals surface area contributed by atoms with E-state index in [0.717, 1.165) is 12.8 Å². The molecule has 1 fully saturated rings. The second kappa shape index (κ2) is 5.06. The van der Waals surface area contributed by atoms with Gasteiger partial charge in [-0.2, -0.15) is 0 Å². The lowest BCUT2D eigenvalue weighted by Gasteiger charge is -2.11. The van der Waals surface area contributed by atoms with E-state index in [2.05, 4.69) is 10.6 Å². The van der Waals surface area contributed by atoms with Crippen molar-refractivity contribution in [3.05, 3.63) is 18.2 Å². The number of nitrogen functional groups attached to an aromatic ring is 1. The molecule has 0 aromatic heterocycles. The Labute approximate surface area is 111 Å². The lowest BCUT2D eigenvalue weighted by atomic mass is 10.3. The van der Waals surface area contributed by atoms with Gasteiger partial charge >= 0.3 is 0 Å². The zero-order valence-corrected chi connectivity index (χ0v) is 11.0. The Morgan fingerprint density at radius 1 is 1.37 bits per heavy atom. The van der Waals surface area contributed by atoms with Crippen molar-refractivity contribution < 1.29 is 13.2 Å². The summed E-state index contributed by atoms with van der Waals surface area (Å²) >= 11 is 0. The Kier molecular flexibility index (Phi) is 3.63. The normalized spacial score (nSPS) is 15.0. The van der Waals surface area contributed by atoms with Crippen molar-refractivity contribution in [2.24, 2.45) is 5.14 Å². The third kappa shape index (κ3) is 3.83. The topological polar surface area (TPSA) is 127 Å². The van der Waals surface area contributed by atoms with E-state index < -0.39 is 10.0 Å². The highest BCUT2D eigenvalue weighted by molar-refractivity contribution is 7.89. The first-order valence-corrected chi connectivity index (χ1v) is 7.36. The summed E-state index contributed by atoms with van der Waals surface area (Å²) in [6, 6.07) is 4.55. The van der Waals surface area contributed by atoms with Crippen LogP contribution in [0.3, 0.4) is 0 Å². The highest BCUT2D eigenvalue weighted by Crippen LogP contribution is 2.23. The number of benzene rings is 1. The van der Waals surface area contributed by atoms with Crippen LogP contribution in [0.15, 0.2) is 23.1 Å². The molecule has 0 saturated heterocycles. The molecule has 1 aliphatic rings. The second-order valence-electron chi connectivity index (χ2n) is 4.50. The van der Waals surface area contributed by atoms with Gasteiger partial charge in [0.2, 0.25) is 15.9 Å². The molecule has 0 radical (unpaired) electrons. The minimum absolute atomic E-state index is 0.0110. The largest absolute Gasteiger partial charge is 0.399 e. The molecular weight excluding hydrogens is 268 g/mol. The van der Waals surface area contributed by atoms with Gasteiger partial charge in [-0.05, 0) is 31.0 Å². The summed E-state index contributed by atoms with van der Waals surface area (Å²) in [6.07, 6.45) is 1.99. The number of sulfonamides is 1. The number of nitrogens with one attached hydrogen (secondary N) is 2. The van der Waals surface area contributed by atoms with Crippen LogP contribution in [0.1, 0.15) is 12.8 Å². The molecule has 104 valence electrons. The predicted molar refractivity (Wildman–Crippen MR) is 71.9 cm³/mol. The van der Waals surface area contributed by atoms with Crippen molar-refractivity contribution in [3.8, 4) is 0 Å². The molecule has 0 bridgehead atoms. The Balaban J connectivity index is 2.08. The Morgan fingerprint density at radius 2 is 2.05 bits per heavy atom. The highest BCUT2D eigenvalue weighted by atomic mass is 32.2. The second-order valence-corrected chi connectivity index (χ2v) is 6.03. The molecule has 1 aromatic rings. The van der Waals surface area contributed by atoms with Gasteiger partial charge in [-0.3, -0.25) is 4.79 Å². The average Bonchev–Trinajstić information content (AvgIpc) is 3.10. The minimum atomic E-state index is -3.89. The first kappa shape index (κ1) is 13.6. The van der Waals surface area contributed by atoms with E-state index in [1.165, 1.54) is 18.2 Å². The van der Waals surface area contributed by atoms with Crippen LogP contribution in [-0.2, 0) is 14.8 Å². The van der Waals surface area contributed by atoms with Gasteiger partial charge in [0.25, 0.3) is 0 Å². The third-order valence-electron chi connectivity index (χ3n) is 2.69. The number of nitrogens with two attached hydrogens (primary N) is 2. The number of rotatable bonds is 5. The van der Waals surface area contributed by atoms with Crippen LogP contribution < -0.4 is 21.5 Å². The first-order valence-electron chi connectivity index (χ1n) is 5.82. The molecule has 2 rings (SSSR count). The number of anilines is 2. The Morgan fingerprint density at radius 3 is 2.63 bits per heavy atom. The predicted octanol–water partition coefficient (Wildman–Crippen LogP) is -0.393. The fourth-order valence-electron chi connectivity index (χ4n) is 1.60. The monoisotopic (exact) mass is 284 g/mol. The molecule has 0 unspecified atom stereocenters. The molecular formula is C11H16N4O3S. The number of carbonyl (C=O) groups is 1. The molecule has 7 nitrogen and oxygen atoms in total. The standard InChI is InChI=1S/C11H16N4O3S/c12-7-1-4-9(10(5-7)19(13,17)18)14-6-11(16)15-8-2-3-8/h1,4-5,8,14H,2-3,6,12H2,(H,15,16)(H2,13,17,18). The average molecular weight is 284 g/mol. The molecule has 1 aromatic carbocycles. The van der Waals surface area contributed by atoms with Crippen molar-refractivity contribution in [1.82, 2.24) is 5.32 Å². The van der Waals surface area contributed by atoms with E-state index in [1.54, 1.807) is 0 Å². The molecule has 0 aliphatic heterocycles. The SMILES string of the molecule is Nc1ccc(NCC(=O)NC2CC2)c(S(N)(=O)=O)c1. The zero-order valence-electron chi connectivity index (χ0n) is 10.2. The summed E-state index contributed by atoms with van der Waals surface area (Å²) in [5.41, 5.74) is 6.08. The lowest BCUT2D eigenvalue weighted by Crippen LogP contribution is -2.31. The molecule has 1 aliphatic carbocycles. The molecule has 0 atom stereocenters. The van der Waals surface area contributed by atoms with E-state index in [9.17, 15) is 13.2 Å². The number of hydrogen-bond donors (Lipinski definition) is 4. The van der Waals surface area contributed by atoms with Gasteiger partial charge in [-0.15, -0.1) is 0 Å². The van der Waals surface area contributed by atoms with Gasteiger partial charge in [0.05, 0.1) is 12.2 Å². The summed E-state index contributed by atoms with van der Waals surface area (Å²) in [5, 5.41) is 10.6. The van der Waals surface area contributed by atoms with Crippen LogP contribution in [-0.4, -0.2) is 26.9 Å². The van der Waals surface area contributed by atoms with Crippen molar-refractivity contribution in [3.63, 3.8) is 0 Å². The Bertz CT molecular complexity index is 596. The van der Waals surface area contributed by atoms with E-state index in [-0.39, 0.29) is 34.8 Å². The van der Waals surface area contributed by atoms with Gasteiger partial charge in [0.15, 0.2) is 0 Å². The number of amides is 1. The van der Waals surface area contributed by atoms with Gasteiger partial charge in [-0.1, -0.05) is 0 Å². The molecule has 1 amide bonds. The van der Waals surface area contributed by atoms with Crippen molar-refractivity contribution >= 4 is 27.3 Å². The van der Waals surface area contributed by atoms with Crippen LogP contribution in [0.4, 0.5) is 11.4 Å². The maximum Gasteiger partial charge on any atom is 0.240 e. The van der Waals surface area contributed by atoms with Crippen molar-refractivity contribution in [2.45, 2.75) is 23.8 Å². The highest BCUT2D eigenvalue weighted by Gasteiger charge is 2.23. The fraction of sp³-hybridized carbons (Fsp3) is 0.364. The van der Waals surface area contributed by atoms with Crippen LogP contribution >= 0.6 is 0 Å². The molecule has 0 spiro atoms. The van der Waals surface area contributed by atoms with Crippen LogP contribution in [0.25, 0.3) is 0 Å². The molecule has 8 heteroatoms. The number of hydrogen-bond acceptors (Lipinski definition) is 5. The molecule has 0 heterocycles. The summed E-state index contributed by atoms with van der Waals surface area (Å²) in [7, 11) is -3.89. The first-order chi connectivity index (χ1) is 8.86. The molecule has 19 heavy (non-hydrogen) atoms. The van der Waals surface area contributed by atoms with Crippen molar-refractivity contribution in [2.75, 3.05) is 17.6 Å². The Hall–Kier alpha value is -1.80. The van der Waals surface area contributed by atoms with Gasteiger partial charge < -0.3 is 16.4 Å². The summed E-state index contributed by atoms with van der Waals surface area (Å²) in [4.78, 5) is 11.4. The lowest BCUT2D eigenvalue weighted by molar-refractivity contribution is -0.119. The van der Waals surface area contributed by atoms with Gasteiger partial charge in [-0.25, -0.2) is 13.6 Å². The fourth-order valence-corrected chi connectivity index (χ4v) is 2.35. The van der Waals surface area contributed by atoms with E-state index >= 15 is 0 Å². The smallest absolute Gasteiger partial charge is 0.240 e. The third-order valence-corrected chi connectivity index (χ3v) is 3.64. The summed E-state index contributed by atoms with van der Waals surface area (Å²) in [5.74, 6) is -0.181. The maximum absolute atomic E-state index is 11.5. The van der Waals surface area contributed by atoms with Crippen LogP contribution in [0, 0.1) is 0 Å². The molecule has 6 N–H and O–H groups in total.